The second kappa shape index (κ2) is 11.7. The van der Waals surface area contributed by atoms with Crippen molar-refractivity contribution in [2.75, 3.05) is 26.8 Å². The highest BCUT2D eigenvalue weighted by Gasteiger charge is 2.24. The number of benzene rings is 1. The molecule has 0 saturated carbocycles. The molecule has 1 fully saturated rings. The van der Waals surface area contributed by atoms with Crippen molar-refractivity contribution >= 4 is 45.5 Å². The average Bonchev–Trinajstić information content (AvgIpc) is 3.46. The van der Waals surface area contributed by atoms with E-state index in [0.29, 0.717) is 33.7 Å². The van der Waals surface area contributed by atoms with Crippen molar-refractivity contribution in [2.45, 2.75) is 38.6 Å². The molecule has 4 aromatic rings. The largest absolute Gasteiger partial charge is 0.472 e. The fourth-order valence-corrected chi connectivity index (χ4v) is 6.00. The fourth-order valence-electron chi connectivity index (χ4n) is 4.95. The predicted octanol–water partition coefficient (Wildman–Crippen LogP) is 5.73. The van der Waals surface area contributed by atoms with Crippen LogP contribution in [0.1, 0.15) is 39.6 Å². The van der Waals surface area contributed by atoms with Gasteiger partial charge in [-0.3, -0.25) is 4.90 Å². The molecule has 2 aliphatic heterocycles. The van der Waals surface area contributed by atoms with Gasteiger partial charge in [-0.1, -0.05) is 23.7 Å². The molecule has 0 bridgehead atoms. The molecule has 1 saturated heterocycles. The summed E-state index contributed by atoms with van der Waals surface area (Å²) >= 11 is 7.05. The molecule has 1 atom stereocenters. The Morgan fingerprint density at radius 2 is 2.12 bits per heavy atom. The van der Waals surface area contributed by atoms with Crippen LogP contribution in [0.2, 0.25) is 4.34 Å². The number of halogens is 2. The maximum atomic E-state index is 13.9. The summed E-state index contributed by atoms with van der Waals surface area (Å²) in [7, 11) is 1.39. The number of rotatable bonds is 9. The van der Waals surface area contributed by atoms with Crippen molar-refractivity contribution in [1.82, 2.24) is 19.4 Å². The topological polar surface area (TPSA) is 78.7 Å². The first-order valence-electron chi connectivity index (χ1n) is 13.1. The first kappa shape index (κ1) is 26.9. The number of ether oxygens (including phenoxy) is 3. The van der Waals surface area contributed by atoms with Crippen LogP contribution in [0.15, 0.2) is 48.5 Å². The molecule has 11 heteroatoms. The average molecular weight is 583 g/mol. The van der Waals surface area contributed by atoms with Gasteiger partial charge < -0.3 is 18.8 Å². The van der Waals surface area contributed by atoms with E-state index < -0.39 is 0 Å². The lowest BCUT2D eigenvalue weighted by Gasteiger charge is -2.29. The molecule has 0 amide bonds. The Balaban J connectivity index is 1.16. The zero-order valence-corrected chi connectivity index (χ0v) is 23.5. The molecule has 8 nitrogen and oxygen atoms in total. The SMILES string of the molecule is COC(=O)c1ccc2nc(CN3CC=C(c4cccc(OCc5sc(Cl)cc5F)n4)CC3)n(C[C@@H]3CCO3)c2c1. The van der Waals surface area contributed by atoms with E-state index in [4.69, 9.17) is 30.8 Å². The van der Waals surface area contributed by atoms with Gasteiger partial charge in [0.1, 0.15) is 18.2 Å². The zero-order valence-electron chi connectivity index (χ0n) is 21.9. The van der Waals surface area contributed by atoms with E-state index in [0.717, 1.165) is 60.7 Å². The quantitative estimate of drug-likeness (QED) is 0.233. The highest BCUT2D eigenvalue weighted by molar-refractivity contribution is 7.16. The molecule has 0 spiro atoms. The number of carbonyl (C=O) groups is 1. The molecule has 2 aliphatic rings. The van der Waals surface area contributed by atoms with Crippen LogP contribution in [0.5, 0.6) is 5.88 Å². The number of hydrogen-bond donors (Lipinski definition) is 0. The zero-order chi connectivity index (χ0) is 27.6. The number of carbonyl (C=O) groups excluding carboxylic acids is 1. The first-order chi connectivity index (χ1) is 19.5. The van der Waals surface area contributed by atoms with E-state index >= 15 is 0 Å². The molecule has 1 aromatic carbocycles. The number of imidazole rings is 1. The third-order valence-corrected chi connectivity index (χ3v) is 8.43. The van der Waals surface area contributed by atoms with Gasteiger partial charge in [-0.2, -0.15) is 0 Å². The molecule has 208 valence electrons. The van der Waals surface area contributed by atoms with Crippen molar-refractivity contribution in [3.05, 3.63) is 80.7 Å². The van der Waals surface area contributed by atoms with Crippen LogP contribution in [-0.2, 0) is 29.2 Å². The Labute approximate surface area is 239 Å². The van der Waals surface area contributed by atoms with Crippen molar-refractivity contribution in [2.24, 2.45) is 0 Å². The normalized spacial score (nSPS) is 17.5. The number of nitrogens with zero attached hydrogens (tertiary/aromatic N) is 4. The summed E-state index contributed by atoms with van der Waals surface area (Å²) in [5.41, 5.74) is 4.26. The molecule has 3 aromatic heterocycles. The van der Waals surface area contributed by atoms with Gasteiger partial charge in [0.15, 0.2) is 0 Å². The molecule has 0 N–H and O–H groups in total. The highest BCUT2D eigenvalue weighted by Crippen LogP contribution is 2.28. The van der Waals surface area contributed by atoms with E-state index in [2.05, 4.69) is 20.5 Å². The highest BCUT2D eigenvalue weighted by atomic mass is 35.5. The second-order valence-corrected chi connectivity index (χ2v) is 11.6. The molecule has 40 heavy (non-hydrogen) atoms. The molecule has 6 rings (SSSR count). The monoisotopic (exact) mass is 582 g/mol. The third kappa shape index (κ3) is 5.76. The number of thiophene rings is 1. The number of aromatic nitrogens is 3. The van der Waals surface area contributed by atoms with Gasteiger partial charge in [-0.15, -0.1) is 11.3 Å². The number of methoxy groups -OCH3 is 1. The molecular weight excluding hydrogens is 555 g/mol. The van der Waals surface area contributed by atoms with Gasteiger partial charge in [0.2, 0.25) is 5.88 Å². The lowest BCUT2D eigenvalue weighted by molar-refractivity contribution is -0.0591. The van der Waals surface area contributed by atoms with Crippen LogP contribution in [0, 0.1) is 5.82 Å². The minimum atomic E-state index is -0.365. The standard InChI is InChI=1S/C29H28ClFN4O4S/c1-37-29(36)19-5-6-23-24(13-19)35(15-20-9-12-38-20)27(32-23)16-34-10-7-18(8-11-34)22-3-2-4-28(33-22)39-17-25-21(31)14-26(30)40-25/h2-7,13-14,20H,8-12,15-17H2,1H3/t20-/m0/s1. The lowest BCUT2D eigenvalue weighted by atomic mass is 10.0. The summed E-state index contributed by atoms with van der Waals surface area (Å²) < 4.78 is 32.8. The number of esters is 1. The Bertz CT molecular complexity index is 1580. The maximum absolute atomic E-state index is 13.9. The van der Waals surface area contributed by atoms with Crippen LogP contribution in [0.25, 0.3) is 16.6 Å². The Morgan fingerprint density at radius 1 is 1.25 bits per heavy atom. The number of fused-ring (bicyclic) bond motifs is 1. The van der Waals surface area contributed by atoms with Gasteiger partial charge in [0, 0.05) is 31.8 Å². The van der Waals surface area contributed by atoms with Crippen LogP contribution < -0.4 is 4.74 Å². The van der Waals surface area contributed by atoms with E-state index in [1.165, 1.54) is 24.5 Å². The first-order valence-corrected chi connectivity index (χ1v) is 14.3. The van der Waals surface area contributed by atoms with Crippen molar-refractivity contribution in [3.8, 4) is 5.88 Å². The minimum absolute atomic E-state index is 0.0838. The van der Waals surface area contributed by atoms with E-state index in [9.17, 15) is 9.18 Å². The summed E-state index contributed by atoms with van der Waals surface area (Å²) in [4.78, 5) is 24.5. The molecule has 0 unspecified atom stereocenters. The minimum Gasteiger partial charge on any atom is -0.472 e. The summed E-state index contributed by atoms with van der Waals surface area (Å²) in [6, 6.07) is 12.4. The Kier molecular flexibility index (Phi) is 7.84. The van der Waals surface area contributed by atoms with Gasteiger partial charge in [0.25, 0.3) is 0 Å². The Morgan fingerprint density at radius 3 is 2.83 bits per heavy atom. The van der Waals surface area contributed by atoms with Crippen LogP contribution >= 0.6 is 22.9 Å². The Hall–Kier alpha value is -3.31. The lowest BCUT2D eigenvalue weighted by Crippen LogP contribution is -2.33. The summed E-state index contributed by atoms with van der Waals surface area (Å²) in [5.74, 6) is 0.664. The third-order valence-electron chi connectivity index (χ3n) is 7.22. The van der Waals surface area contributed by atoms with Crippen molar-refractivity contribution in [3.63, 3.8) is 0 Å². The summed E-state index contributed by atoms with van der Waals surface area (Å²) in [6.07, 6.45) is 4.17. The second-order valence-electron chi connectivity index (χ2n) is 9.80. The number of pyridine rings is 1. The predicted molar refractivity (Wildman–Crippen MR) is 151 cm³/mol. The molecule has 0 aliphatic carbocycles. The van der Waals surface area contributed by atoms with E-state index in [1.54, 1.807) is 12.1 Å². The molecular formula is C29H28ClFN4O4S. The van der Waals surface area contributed by atoms with E-state index in [-0.39, 0.29) is 24.5 Å². The molecule has 0 radical (unpaired) electrons. The summed E-state index contributed by atoms with van der Waals surface area (Å²) in [5, 5.41) is 0. The van der Waals surface area contributed by atoms with Gasteiger partial charge in [-0.05, 0) is 42.7 Å². The van der Waals surface area contributed by atoms with Gasteiger partial charge in [0.05, 0.1) is 57.8 Å². The number of hydrogen-bond acceptors (Lipinski definition) is 8. The van der Waals surface area contributed by atoms with Crippen molar-refractivity contribution < 1.29 is 23.4 Å². The fraction of sp³-hybridized carbons (Fsp3) is 0.345. The van der Waals surface area contributed by atoms with Gasteiger partial charge >= 0.3 is 5.97 Å². The smallest absolute Gasteiger partial charge is 0.337 e. The van der Waals surface area contributed by atoms with Crippen molar-refractivity contribution in [1.29, 1.82) is 0 Å². The maximum Gasteiger partial charge on any atom is 0.337 e. The van der Waals surface area contributed by atoms with Crippen LogP contribution in [0.3, 0.4) is 0 Å². The van der Waals surface area contributed by atoms with Crippen LogP contribution in [-0.4, -0.2) is 58.3 Å². The van der Waals surface area contributed by atoms with E-state index in [1.807, 2.05) is 24.3 Å². The summed E-state index contributed by atoms with van der Waals surface area (Å²) in [6.45, 7) is 3.82. The van der Waals surface area contributed by atoms with Gasteiger partial charge in [-0.25, -0.2) is 19.2 Å². The van der Waals surface area contributed by atoms with Crippen LogP contribution in [0.4, 0.5) is 4.39 Å². The molecule has 5 heterocycles.